The van der Waals surface area contributed by atoms with Gasteiger partial charge < -0.3 is 14.8 Å². The first-order valence-electron chi connectivity index (χ1n) is 9.14. The molecule has 1 aliphatic heterocycles. The van der Waals surface area contributed by atoms with Gasteiger partial charge in [-0.1, -0.05) is 24.3 Å². The Morgan fingerprint density at radius 3 is 2.79 bits per heavy atom. The van der Waals surface area contributed by atoms with Gasteiger partial charge in [0.2, 0.25) is 10.0 Å². The van der Waals surface area contributed by atoms with Gasteiger partial charge in [-0.3, -0.25) is 9.10 Å². The van der Waals surface area contributed by atoms with Crippen molar-refractivity contribution in [2.75, 3.05) is 29.8 Å². The number of amides is 1. The zero-order valence-electron chi connectivity index (χ0n) is 15.9. The summed E-state index contributed by atoms with van der Waals surface area (Å²) in [6, 6.07) is 14.5. The fraction of sp³-hybridized carbons (Fsp3) is 0.350. The summed E-state index contributed by atoms with van der Waals surface area (Å²) < 4.78 is 37.5. The van der Waals surface area contributed by atoms with Crippen LogP contribution in [-0.2, 0) is 14.8 Å². The number of ether oxygens (including phenoxy) is 2. The molecule has 0 unspecified atom stereocenters. The number of nitrogens with zero attached hydrogens (tertiary/aromatic N) is 1. The zero-order chi connectivity index (χ0) is 20.1. The Hall–Kier alpha value is -2.74. The monoisotopic (exact) mass is 404 g/mol. The second-order valence-corrected chi connectivity index (χ2v) is 8.64. The molecule has 1 aliphatic rings. The lowest BCUT2D eigenvalue weighted by molar-refractivity contribution is -0.127. The van der Waals surface area contributed by atoms with E-state index < -0.39 is 16.1 Å². The highest BCUT2D eigenvalue weighted by molar-refractivity contribution is 7.92. The van der Waals surface area contributed by atoms with Gasteiger partial charge in [-0.05, 0) is 43.7 Å². The minimum Gasteiger partial charge on any atom is -0.492 e. The van der Waals surface area contributed by atoms with Crippen LogP contribution in [0.4, 0.5) is 5.69 Å². The van der Waals surface area contributed by atoms with Crippen LogP contribution in [0.15, 0.2) is 48.5 Å². The van der Waals surface area contributed by atoms with Crippen LogP contribution in [0.25, 0.3) is 0 Å². The molecule has 1 amide bonds. The highest BCUT2D eigenvalue weighted by Gasteiger charge is 2.35. The summed E-state index contributed by atoms with van der Waals surface area (Å²) >= 11 is 0. The van der Waals surface area contributed by atoms with Crippen molar-refractivity contribution in [3.05, 3.63) is 54.1 Å². The summed E-state index contributed by atoms with van der Waals surface area (Å²) in [4.78, 5) is 12.5. The maximum Gasteiger partial charge on any atom is 0.263 e. The number of benzene rings is 2. The molecule has 150 valence electrons. The summed E-state index contributed by atoms with van der Waals surface area (Å²) in [7, 11) is -3.52. The zero-order valence-corrected chi connectivity index (χ0v) is 16.7. The Morgan fingerprint density at radius 1 is 1.25 bits per heavy atom. The number of hydrogen-bond donors (Lipinski definition) is 1. The molecule has 0 spiro atoms. The predicted molar refractivity (Wildman–Crippen MR) is 107 cm³/mol. The van der Waals surface area contributed by atoms with E-state index >= 15 is 0 Å². The largest absolute Gasteiger partial charge is 0.492 e. The molecule has 1 heterocycles. The highest BCUT2D eigenvalue weighted by atomic mass is 32.2. The fourth-order valence-electron chi connectivity index (χ4n) is 2.92. The highest BCUT2D eigenvalue weighted by Crippen LogP contribution is 2.35. The smallest absolute Gasteiger partial charge is 0.263 e. The first-order valence-corrected chi connectivity index (χ1v) is 10.7. The molecule has 0 aliphatic carbocycles. The number of para-hydroxylation sites is 2. The minimum atomic E-state index is -3.52. The maximum absolute atomic E-state index is 12.5. The molecule has 0 radical (unpaired) electrons. The van der Waals surface area contributed by atoms with Gasteiger partial charge in [0.1, 0.15) is 18.1 Å². The molecule has 28 heavy (non-hydrogen) atoms. The Labute approximate surface area is 165 Å². The van der Waals surface area contributed by atoms with E-state index in [1.54, 1.807) is 31.2 Å². The third-order valence-electron chi connectivity index (χ3n) is 4.39. The van der Waals surface area contributed by atoms with Crippen molar-refractivity contribution in [3.8, 4) is 11.5 Å². The van der Waals surface area contributed by atoms with Gasteiger partial charge in [0.15, 0.2) is 6.10 Å². The standard InChI is InChI=1S/C20H24N2O5S/c1-3-28(24,25)22-14-19(27-18-10-5-4-9-17(18)22)20(23)21-11-12-26-16-8-6-7-15(2)13-16/h4-10,13,19H,3,11-12,14H2,1-2H3,(H,21,23)/t19-/m0/s1. The maximum atomic E-state index is 12.5. The van der Waals surface area contributed by atoms with E-state index in [2.05, 4.69) is 5.32 Å². The number of fused-ring (bicyclic) bond motifs is 1. The van der Waals surface area contributed by atoms with Crippen LogP contribution in [0.1, 0.15) is 12.5 Å². The van der Waals surface area contributed by atoms with Crippen molar-refractivity contribution in [1.29, 1.82) is 0 Å². The molecule has 2 aromatic rings. The molecule has 0 saturated carbocycles. The number of sulfonamides is 1. The molecule has 8 heteroatoms. The summed E-state index contributed by atoms with van der Waals surface area (Å²) in [5, 5.41) is 2.75. The topological polar surface area (TPSA) is 84.9 Å². The SMILES string of the molecule is CCS(=O)(=O)N1C[C@@H](C(=O)NCCOc2cccc(C)c2)Oc2ccccc21. The lowest BCUT2D eigenvalue weighted by Gasteiger charge is -2.34. The van der Waals surface area contributed by atoms with Gasteiger partial charge in [-0.2, -0.15) is 0 Å². The van der Waals surface area contributed by atoms with Crippen LogP contribution < -0.4 is 19.1 Å². The van der Waals surface area contributed by atoms with Crippen molar-refractivity contribution < 1.29 is 22.7 Å². The average Bonchev–Trinajstić information content (AvgIpc) is 2.70. The van der Waals surface area contributed by atoms with Crippen LogP contribution in [0, 0.1) is 6.92 Å². The molecule has 0 saturated heterocycles. The average molecular weight is 404 g/mol. The van der Waals surface area contributed by atoms with E-state index in [4.69, 9.17) is 9.47 Å². The molecule has 2 aromatic carbocycles. The van der Waals surface area contributed by atoms with Crippen molar-refractivity contribution in [3.63, 3.8) is 0 Å². The molecule has 0 bridgehead atoms. The van der Waals surface area contributed by atoms with Crippen LogP contribution in [0.3, 0.4) is 0 Å². The van der Waals surface area contributed by atoms with Crippen LogP contribution in [0.5, 0.6) is 11.5 Å². The van der Waals surface area contributed by atoms with Gasteiger partial charge in [0, 0.05) is 0 Å². The molecule has 0 aromatic heterocycles. The third-order valence-corrected chi connectivity index (χ3v) is 6.13. The number of carbonyl (C=O) groups is 1. The summed E-state index contributed by atoms with van der Waals surface area (Å²) in [6.07, 6.45) is -0.921. The van der Waals surface area contributed by atoms with E-state index in [0.717, 1.165) is 11.3 Å². The molecular formula is C20H24N2O5S. The molecule has 7 nitrogen and oxygen atoms in total. The van der Waals surface area contributed by atoms with Crippen molar-refractivity contribution >= 4 is 21.6 Å². The summed E-state index contributed by atoms with van der Waals surface area (Å²) in [5.74, 6) is 0.679. The number of nitrogens with one attached hydrogen (secondary N) is 1. The molecule has 1 atom stereocenters. The summed E-state index contributed by atoms with van der Waals surface area (Å²) in [6.45, 7) is 4.08. The van der Waals surface area contributed by atoms with Gasteiger partial charge >= 0.3 is 0 Å². The van der Waals surface area contributed by atoms with E-state index in [1.807, 2.05) is 31.2 Å². The van der Waals surface area contributed by atoms with Gasteiger partial charge in [0.25, 0.3) is 5.91 Å². The van der Waals surface area contributed by atoms with Crippen LogP contribution >= 0.6 is 0 Å². The second kappa shape index (κ2) is 8.52. The van der Waals surface area contributed by atoms with Crippen LogP contribution in [-0.4, -0.2) is 45.9 Å². The van der Waals surface area contributed by atoms with Crippen molar-refractivity contribution in [1.82, 2.24) is 5.32 Å². The number of rotatable bonds is 7. The first-order chi connectivity index (χ1) is 13.4. The predicted octanol–water partition coefficient (Wildman–Crippen LogP) is 2.11. The Morgan fingerprint density at radius 2 is 2.04 bits per heavy atom. The number of carbonyl (C=O) groups excluding carboxylic acids is 1. The lowest BCUT2D eigenvalue weighted by atomic mass is 10.2. The quantitative estimate of drug-likeness (QED) is 0.715. The fourth-order valence-corrected chi connectivity index (χ4v) is 4.04. The van der Waals surface area contributed by atoms with Gasteiger partial charge in [0.05, 0.1) is 24.5 Å². The second-order valence-electron chi connectivity index (χ2n) is 6.46. The van der Waals surface area contributed by atoms with E-state index in [0.29, 0.717) is 18.0 Å². The third kappa shape index (κ3) is 4.56. The van der Waals surface area contributed by atoms with Crippen molar-refractivity contribution in [2.24, 2.45) is 0 Å². The number of hydrogen-bond acceptors (Lipinski definition) is 5. The van der Waals surface area contributed by atoms with Crippen LogP contribution in [0.2, 0.25) is 0 Å². The molecule has 3 rings (SSSR count). The molecule has 0 fully saturated rings. The minimum absolute atomic E-state index is 0.0555. The molecular weight excluding hydrogens is 380 g/mol. The van der Waals surface area contributed by atoms with E-state index in [1.165, 1.54) is 4.31 Å². The summed E-state index contributed by atoms with van der Waals surface area (Å²) in [5.41, 5.74) is 1.55. The first kappa shape index (κ1) is 20.0. The normalized spacial score (nSPS) is 16.1. The van der Waals surface area contributed by atoms with E-state index in [-0.39, 0.29) is 24.7 Å². The van der Waals surface area contributed by atoms with E-state index in [9.17, 15) is 13.2 Å². The Kier molecular flexibility index (Phi) is 6.08. The molecule has 1 N–H and O–H groups in total. The van der Waals surface area contributed by atoms with Crippen molar-refractivity contribution in [2.45, 2.75) is 20.0 Å². The number of aryl methyl sites for hydroxylation is 1. The number of anilines is 1. The lowest BCUT2D eigenvalue weighted by Crippen LogP contribution is -2.51. The Bertz CT molecular complexity index is 945. The van der Waals surface area contributed by atoms with Gasteiger partial charge in [-0.15, -0.1) is 0 Å². The van der Waals surface area contributed by atoms with Gasteiger partial charge in [-0.25, -0.2) is 8.42 Å². The Balaban J connectivity index is 1.61.